The Labute approximate surface area is 149 Å². The van der Waals surface area contributed by atoms with Crippen LogP contribution in [0.2, 0.25) is 5.15 Å². The average Bonchev–Trinajstić information content (AvgIpc) is 3.02. The van der Waals surface area contributed by atoms with Crippen LogP contribution in [-0.2, 0) is 13.0 Å². The van der Waals surface area contributed by atoms with Crippen LogP contribution >= 0.6 is 11.6 Å². The number of fused-ring (bicyclic) bond motifs is 1. The molecule has 4 heteroatoms. The van der Waals surface area contributed by atoms with E-state index < -0.39 is 0 Å². The van der Waals surface area contributed by atoms with Gasteiger partial charge < -0.3 is 4.90 Å². The number of aromatic nitrogens is 1. The number of benzene rings is 1. The lowest BCUT2D eigenvalue weighted by Gasteiger charge is -2.34. The molecule has 2 aliphatic rings. The molecule has 1 fully saturated rings. The zero-order valence-electron chi connectivity index (χ0n) is 14.0. The molecule has 0 bridgehead atoms. The minimum absolute atomic E-state index is 0.647. The molecule has 4 rings (SSSR count). The molecule has 0 saturated carbocycles. The lowest BCUT2D eigenvalue weighted by Crippen LogP contribution is -2.38. The monoisotopic (exact) mass is 341 g/mol. The predicted octanol–water partition coefficient (Wildman–Crippen LogP) is 4.01. The number of nitrogens with zero attached hydrogens (tertiary/aromatic N) is 3. The summed E-state index contributed by atoms with van der Waals surface area (Å²) in [5, 5.41) is 0.647. The normalized spacial score (nSPS) is 18.8. The molecule has 3 nitrogen and oxygen atoms in total. The Morgan fingerprint density at radius 2 is 1.88 bits per heavy atom. The highest BCUT2D eigenvalue weighted by atomic mass is 35.5. The molecule has 0 aliphatic carbocycles. The van der Waals surface area contributed by atoms with Gasteiger partial charge in [-0.15, -0.1) is 0 Å². The van der Waals surface area contributed by atoms with Crippen molar-refractivity contribution in [2.75, 3.05) is 31.1 Å². The third-order valence-corrected chi connectivity index (χ3v) is 5.74. The van der Waals surface area contributed by atoms with Crippen LogP contribution in [0.5, 0.6) is 0 Å². The fourth-order valence-electron chi connectivity index (χ4n) is 4.01. The molecule has 126 valence electrons. The Morgan fingerprint density at radius 3 is 2.71 bits per heavy atom. The number of para-hydroxylation sites is 1. The Hall–Kier alpha value is -1.58. The van der Waals surface area contributed by atoms with Gasteiger partial charge in [-0.25, -0.2) is 4.98 Å². The van der Waals surface area contributed by atoms with Crippen molar-refractivity contribution >= 4 is 17.3 Å². The highest BCUT2D eigenvalue weighted by molar-refractivity contribution is 6.30. The minimum atomic E-state index is 0.647. The molecule has 0 spiro atoms. The smallest absolute Gasteiger partial charge is 0.133 e. The van der Waals surface area contributed by atoms with Gasteiger partial charge in [0, 0.05) is 37.1 Å². The maximum Gasteiger partial charge on any atom is 0.133 e. The number of piperidine rings is 1. The summed E-state index contributed by atoms with van der Waals surface area (Å²) in [6.07, 6.45) is 5.51. The molecule has 1 aromatic heterocycles. The number of hydrogen-bond donors (Lipinski definition) is 0. The van der Waals surface area contributed by atoms with Gasteiger partial charge in [-0.05, 0) is 56.0 Å². The number of rotatable bonds is 4. The van der Waals surface area contributed by atoms with E-state index in [9.17, 15) is 0 Å². The first kappa shape index (κ1) is 15.9. The van der Waals surface area contributed by atoms with E-state index in [-0.39, 0.29) is 0 Å². The molecule has 0 amide bonds. The van der Waals surface area contributed by atoms with Gasteiger partial charge in [0.2, 0.25) is 0 Å². The van der Waals surface area contributed by atoms with Crippen molar-refractivity contribution in [1.82, 2.24) is 9.88 Å². The van der Waals surface area contributed by atoms with Crippen molar-refractivity contribution in [3.63, 3.8) is 0 Å². The summed E-state index contributed by atoms with van der Waals surface area (Å²) in [7, 11) is 0. The van der Waals surface area contributed by atoms with Crippen LogP contribution in [0.1, 0.15) is 24.0 Å². The molecule has 24 heavy (non-hydrogen) atoms. The number of hydrogen-bond acceptors (Lipinski definition) is 3. The summed E-state index contributed by atoms with van der Waals surface area (Å²) >= 11 is 6.19. The second-order valence-electron chi connectivity index (χ2n) is 7.00. The Bertz CT molecular complexity index is 695. The number of anilines is 1. The average molecular weight is 342 g/mol. The van der Waals surface area contributed by atoms with E-state index in [4.69, 9.17) is 11.6 Å². The van der Waals surface area contributed by atoms with Crippen molar-refractivity contribution in [3.05, 3.63) is 58.9 Å². The van der Waals surface area contributed by atoms with E-state index in [1.165, 1.54) is 43.6 Å². The molecule has 0 atom stereocenters. The first-order chi connectivity index (χ1) is 11.8. The highest BCUT2D eigenvalue weighted by Gasteiger charge is 2.25. The Morgan fingerprint density at radius 1 is 1.04 bits per heavy atom. The molecule has 0 unspecified atom stereocenters. The van der Waals surface area contributed by atoms with E-state index >= 15 is 0 Å². The predicted molar refractivity (Wildman–Crippen MR) is 99.6 cm³/mol. The standard InChI is InChI=1S/C20H24ClN3/c21-20-18(5-3-10-22-20)15-23-11-7-16(8-12-23)14-24-13-9-17-4-1-2-6-19(17)24/h1-6,10,16H,7-9,11-15H2. The quantitative estimate of drug-likeness (QED) is 0.783. The van der Waals surface area contributed by atoms with Crippen molar-refractivity contribution in [1.29, 1.82) is 0 Å². The van der Waals surface area contributed by atoms with E-state index in [2.05, 4.69) is 45.1 Å². The van der Waals surface area contributed by atoms with Crippen molar-refractivity contribution in [3.8, 4) is 0 Å². The molecule has 1 saturated heterocycles. The molecule has 3 heterocycles. The van der Waals surface area contributed by atoms with E-state index in [1.54, 1.807) is 6.20 Å². The second-order valence-corrected chi connectivity index (χ2v) is 7.36. The summed E-state index contributed by atoms with van der Waals surface area (Å²) in [6, 6.07) is 12.9. The summed E-state index contributed by atoms with van der Waals surface area (Å²) < 4.78 is 0. The molecule has 0 radical (unpaired) electrons. The second kappa shape index (κ2) is 7.12. The van der Waals surface area contributed by atoms with Crippen LogP contribution in [0, 0.1) is 5.92 Å². The Balaban J connectivity index is 1.30. The van der Waals surface area contributed by atoms with Crippen molar-refractivity contribution < 1.29 is 0 Å². The number of halogens is 1. The van der Waals surface area contributed by atoms with Crippen LogP contribution in [0.4, 0.5) is 5.69 Å². The van der Waals surface area contributed by atoms with E-state index in [1.807, 2.05) is 6.07 Å². The maximum absolute atomic E-state index is 6.19. The van der Waals surface area contributed by atoms with Crippen molar-refractivity contribution in [2.45, 2.75) is 25.8 Å². The highest BCUT2D eigenvalue weighted by Crippen LogP contribution is 2.30. The topological polar surface area (TPSA) is 19.4 Å². The fourth-order valence-corrected chi connectivity index (χ4v) is 4.19. The third kappa shape index (κ3) is 3.42. The summed E-state index contributed by atoms with van der Waals surface area (Å²) in [5.74, 6) is 0.803. The lowest BCUT2D eigenvalue weighted by atomic mass is 9.96. The van der Waals surface area contributed by atoms with E-state index in [0.717, 1.165) is 31.1 Å². The maximum atomic E-state index is 6.19. The number of pyridine rings is 1. The molecule has 0 N–H and O–H groups in total. The van der Waals surface area contributed by atoms with Gasteiger partial charge in [-0.1, -0.05) is 35.9 Å². The molecule has 2 aliphatic heterocycles. The van der Waals surface area contributed by atoms with Crippen LogP contribution in [0.3, 0.4) is 0 Å². The largest absolute Gasteiger partial charge is 0.371 e. The fraction of sp³-hybridized carbons (Fsp3) is 0.450. The third-order valence-electron chi connectivity index (χ3n) is 5.40. The van der Waals surface area contributed by atoms with Gasteiger partial charge in [0.05, 0.1) is 0 Å². The summed E-state index contributed by atoms with van der Waals surface area (Å²) in [5.41, 5.74) is 4.12. The summed E-state index contributed by atoms with van der Waals surface area (Å²) in [6.45, 7) is 5.63. The SMILES string of the molecule is Clc1ncccc1CN1CCC(CN2CCc3ccccc32)CC1. The van der Waals surface area contributed by atoms with Gasteiger partial charge in [0.25, 0.3) is 0 Å². The molecule has 2 aromatic rings. The van der Waals surface area contributed by atoms with Crippen LogP contribution in [0.15, 0.2) is 42.6 Å². The van der Waals surface area contributed by atoms with Crippen molar-refractivity contribution in [2.24, 2.45) is 5.92 Å². The van der Waals surface area contributed by atoms with Gasteiger partial charge in [0.15, 0.2) is 0 Å². The van der Waals surface area contributed by atoms with Crippen LogP contribution in [-0.4, -0.2) is 36.1 Å². The van der Waals surface area contributed by atoms with Gasteiger partial charge in [-0.2, -0.15) is 0 Å². The van der Waals surface area contributed by atoms with Gasteiger partial charge in [-0.3, -0.25) is 4.90 Å². The Kier molecular flexibility index (Phi) is 4.72. The number of likely N-dealkylation sites (tertiary alicyclic amines) is 1. The summed E-state index contributed by atoms with van der Waals surface area (Å²) in [4.78, 5) is 9.28. The zero-order chi connectivity index (χ0) is 16.4. The molecular weight excluding hydrogens is 318 g/mol. The van der Waals surface area contributed by atoms with E-state index in [0.29, 0.717) is 5.15 Å². The lowest BCUT2D eigenvalue weighted by molar-refractivity contribution is 0.179. The van der Waals surface area contributed by atoms with Crippen LogP contribution in [0.25, 0.3) is 0 Å². The molecular formula is C20H24ClN3. The van der Waals surface area contributed by atoms with Crippen LogP contribution < -0.4 is 4.90 Å². The zero-order valence-corrected chi connectivity index (χ0v) is 14.8. The minimum Gasteiger partial charge on any atom is -0.371 e. The molecule has 1 aromatic carbocycles. The van der Waals surface area contributed by atoms with Gasteiger partial charge in [0.1, 0.15) is 5.15 Å². The first-order valence-corrected chi connectivity index (χ1v) is 9.32. The first-order valence-electron chi connectivity index (χ1n) is 8.94. The van der Waals surface area contributed by atoms with Gasteiger partial charge >= 0.3 is 0 Å².